The highest BCUT2D eigenvalue weighted by Gasteiger charge is 2.07. The molecule has 3 aromatic heterocycles. The number of pyridine rings is 1. The monoisotopic (exact) mass is 322 g/mol. The Morgan fingerprint density at radius 3 is 2.65 bits per heavy atom. The van der Waals surface area contributed by atoms with Crippen LogP contribution in [0.2, 0.25) is 5.02 Å². The molecule has 0 aliphatic carbocycles. The predicted octanol–water partition coefficient (Wildman–Crippen LogP) is 3.58. The highest BCUT2D eigenvalue weighted by Crippen LogP contribution is 2.27. The second-order valence-electron chi connectivity index (χ2n) is 4.89. The van der Waals surface area contributed by atoms with Gasteiger partial charge in [-0.15, -0.1) is 5.10 Å². The normalized spacial score (nSPS) is 10.8. The van der Waals surface area contributed by atoms with Crippen molar-refractivity contribution in [2.45, 2.75) is 0 Å². The summed E-state index contributed by atoms with van der Waals surface area (Å²) in [5.41, 5.74) is 3.40. The van der Waals surface area contributed by atoms with Crippen LogP contribution in [0.4, 0.5) is 11.6 Å². The number of hydrogen-bond acceptors (Lipinski definition) is 5. The zero-order valence-corrected chi connectivity index (χ0v) is 12.6. The fourth-order valence-electron chi connectivity index (χ4n) is 2.28. The van der Waals surface area contributed by atoms with E-state index in [2.05, 4.69) is 25.4 Å². The maximum Gasteiger partial charge on any atom is 0.247 e. The van der Waals surface area contributed by atoms with Gasteiger partial charge in [0, 0.05) is 22.3 Å². The number of rotatable bonds is 3. The zero-order chi connectivity index (χ0) is 15.6. The number of nitrogens with zero attached hydrogens (tertiary/aromatic N) is 5. The molecular weight excluding hydrogens is 312 g/mol. The molecule has 0 radical (unpaired) electrons. The Balaban J connectivity index is 1.71. The molecule has 0 unspecified atom stereocenters. The molecule has 0 fully saturated rings. The Morgan fingerprint density at radius 2 is 1.83 bits per heavy atom. The highest BCUT2D eigenvalue weighted by atomic mass is 35.5. The number of benzene rings is 1. The summed E-state index contributed by atoms with van der Waals surface area (Å²) in [6.45, 7) is 0. The molecule has 23 heavy (non-hydrogen) atoms. The van der Waals surface area contributed by atoms with Crippen LogP contribution in [-0.2, 0) is 0 Å². The minimum absolute atomic E-state index is 0.483. The van der Waals surface area contributed by atoms with Crippen molar-refractivity contribution in [3.8, 4) is 11.1 Å². The van der Waals surface area contributed by atoms with Crippen molar-refractivity contribution >= 4 is 28.9 Å². The first-order chi connectivity index (χ1) is 11.3. The van der Waals surface area contributed by atoms with Crippen molar-refractivity contribution < 1.29 is 0 Å². The third kappa shape index (κ3) is 2.72. The predicted molar refractivity (Wildman–Crippen MR) is 88.7 cm³/mol. The highest BCUT2D eigenvalue weighted by molar-refractivity contribution is 6.33. The molecule has 0 bridgehead atoms. The van der Waals surface area contributed by atoms with Crippen molar-refractivity contribution in [1.29, 1.82) is 0 Å². The van der Waals surface area contributed by atoms with Crippen LogP contribution in [0.3, 0.4) is 0 Å². The maximum absolute atomic E-state index is 6.25. The summed E-state index contributed by atoms with van der Waals surface area (Å²) in [7, 11) is 0. The summed E-state index contributed by atoms with van der Waals surface area (Å²) in [4.78, 5) is 12.3. The summed E-state index contributed by atoms with van der Waals surface area (Å²) in [6.07, 6.45) is 6.69. The molecule has 6 nitrogen and oxygen atoms in total. The van der Waals surface area contributed by atoms with Crippen LogP contribution in [0.15, 0.2) is 61.3 Å². The standard InChI is InChI=1S/C16H11ClN6/c17-14-4-2-1-3-13(14)11-5-6-15-21-16(22-23(15)9-11)20-12-7-18-10-19-8-12/h1-10H,(H,20,22). The summed E-state index contributed by atoms with van der Waals surface area (Å²) < 4.78 is 1.71. The molecule has 0 atom stereocenters. The van der Waals surface area contributed by atoms with Gasteiger partial charge >= 0.3 is 0 Å². The Bertz CT molecular complexity index is 967. The Labute approximate surface area is 136 Å². The third-order valence-corrected chi connectivity index (χ3v) is 3.66. The van der Waals surface area contributed by atoms with E-state index >= 15 is 0 Å². The second-order valence-corrected chi connectivity index (χ2v) is 5.30. The molecule has 4 rings (SSSR count). The smallest absolute Gasteiger partial charge is 0.247 e. The zero-order valence-electron chi connectivity index (χ0n) is 11.9. The number of nitrogens with one attached hydrogen (secondary N) is 1. The van der Waals surface area contributed by atoms with Crippen molar-refractivity contribution in [2.24, 2.45) is 0 Å². The molecule has 1 N–H and O–H groups in total. The van der Waals surface area contributed by atoms with Gasteiger partial charge in [0.15, 0.2) is 5.65 Å². The molecule has 0 saturated heterocycles. The van der Waals surface area contributed by atoms with E-state index in [1.807, 2.05) is 42.6 Å². The molecule has 0 aliphatic rings. The Kier molecular flexibility index (Phi) is 3.36. The Hall–Kier alpha value is -2.99. The van der Waals surface area contributed by atoms with E-state index in [0.717, 1.165) is 22.5 Å². The van der Waals surface area contributed by atoms with Gasteiger partial charge in [-0.2, -0.15) is 4.98 Å². The van der Waals surface area contributed by atoms with Crippen molar-refractivity contribution in [3.05, 3.63) is 66.3 Å². The minimum atomic E-state index is 0.483. The van der Waals surface area contributed by atoms with Crippen LogP contribution in [0.5, 0.6) is 0 Å². The van der Waals surface area contributed by atoms with Crippen LogP contribution in [-0.4, -0.2) is 24.6 Å². The van der Waals surface area contributed by atoms with E-state index in [4.69, 9.17) is 11.6 Å². The lowest BCUT2D eigenvalue weighted by atomic mass is 10.1. The van der Waals surface area contributed by atoms with Crippen LogP contribution < -0.4 is 5.32 Å². The summed E-state index contributed by atoms with van der Waals surface area (Å²) >= 11 is 6.25. The van der Waals surface area contributed by atoms with E-state index in [1.165, 1.54) is 6.33 Å². The molecular formula is C16H11ClN6. The van der Waals surface area contributed by atoms with Crippen LogP contribution in [0, 0.1) is 0 Å². The van der Waals surface area contributed by atoms with Crippen LogP contribution >= 0.6 is 11.6 Å². The average Bonchev–Trinajstić information content (AvgIpc) is 2.97. The fraction of sp³-hybridized carbons (Fsp3) is 0. The van der Waals surface area contributed by atoms with E-state index in [0.29, 0.717) is 11.0 Å². The fourth-order valence-corrected chi connectivity index (χ4v) is 2.53. The van der Waals surface area contributed by atoms with Crippen LogP contribution in [0.25, 0.3) is 16.8 Å². The summed E-state index contributed by atoms with van der Waals surface area (Å²) in [6, 6.07) is 11.6. The lowest BCUT2D eigenvalue weighted by Crippen LogP contribution is -1.94. The van der Waals surface area contributed by atoms with Gasteiger partial charge in [-0.1, -0.05) is 29.8 Å². The third-order valence-electron chi connectivity index (χ3n) is 3.33. The largest absolute Gasteiger partial charge is 0.320 e. The van der Waals surface area contributed by atoms with Gasteiger partial charge in [-0.25, -0.2) is 14.5 Å². The van der Waals surface area contributed by atoms with Crippen molar-refractivity contribution in [2.75, 3.05) is 5.32 Å². The summed E-state index contributed by atoms with van der Waals surface area (Å²) in [5.74, 6) is 0.483. The Morgan fingerprint density at radius 1 is 1.00 bits per heavy atom. The molecule has 3 heterocycles. The molecule has 7 heteroatoms. The van der Waals surface area contributed by atoms with Gasteiger partial charge in [-0.05, 0) is 18.2 Å². The maximum atomic E-state index is 6.25. The van der Waals surface area contributed by atoms with Gasteiger partial charge in [-0.3, -0.25) is 0 Å². The van der Waals surface area contributed by atoms with E-state index in [1.54, 1.807) is 16.9 Å². The van der Waals surface area contributed by atoms with E-state index in [-0.39, 0.29) is 0 Å². The van der Waals surface area contributed by atoms with Crippen molar-refractivity contribution in [1.82, 2.24) is 24.6 Å². The second kappa shape index (κ2) is 5.66. The molecule has 0 spiro atoms. The number of fused-ring (bicyclic) bond motifs is 1. The van der Waals surface area contributed by atoms with Gasteiger partial charge in [0.25, 0.3) is 0 Å². The molecule has 1 aromatic carbocycles. The first kappa shape index (κ1) is 13.7. The molecule has 0 aliphatic heterocycles. The first-order valence-corrected chi connectivity index (χ1v) is 7.31. The van der Waals surface area contributed by atoms with Crippen molar-refractivity contribution in [3.63, 3.8) is 0 Å². The first-order valence-electron chi connectivity index (χ1n) is 6.93. The molecule has 4 aromatic rings. The molecule has 112 valence electrons. The van der Waals surface area contributed by atoms with Gasteiger partial charge < -0.3 is 5.32 Å². The topological polar surface area (TPSA) is 68.0 Å². The SMILES string of the molecule is Clc1ccccc1-c1ccc2nc(Nc3cncnc3)nn2c1. The quantitative estimate of drug-likeness (QED) is 0.624. The van der Waals surface area contributed by atoms with Gasteiger partial charge in [0.1, 0.15) is 6.33 Å². The van der Waals surface area contributed by atoms with Crippen LogP contribution in [0.1, 0.15) is 0 Å². The van der Waals surface area contributed by atoms with E-state index < -0.39 is 0 Å². The average molecular weight is 323 g/mol. The van der Waals surface area contributed by atoms with Gasteiger partial charge in [0.2, 0.25) is 5.95 Å². The lowest BCUT2D eigenvalue weighted by molar-refractivity contribution is 0.966. The lowest BCUT2D eigenvalue weighted by Gasteiger charge is -2.03. The van der Waals surface area contributed by atoms with E-state index in [9.17, 15) is 0 Å². The summed E-state index contributed by atoms with van der Waals surface area (Å²) in [5, 5.41) is 8.19. The number of halogens is 1. The number of hydrogen-bond donors (Lipinski definition) is 1. The minimum Gasteiger partial charge on any atom is -0.320 e. The molecule has 0 amide bonds. The number of anilines is 2. The van der Waals surface area contributed by atoms with Gasteiger partial charge in [0.05, 0.1) is 18.1 Å². The number of aromatic nitrogens is 5. The molecule has 0 saturated carbocycles.